The van der Waals surface area contributed by atoms with E-state index in [4.69, 9.17) is 19.0 Å². The SMILES string of the molecule is CCCn1c[n+](CC2=C(C(=O)OCc3ccc(OC)cc3)N3C(=O)C(NC(=O)/C(=N\OCC)c4nsc(NC(=O)OC(C)(C)C)n4)C3SC2)c2ncccc21.[Br-]. The van der Waals surface area contributed by atoms with Crippen LogP contribution in [0.15, 0.2) is 65.3 Å². The molecular formula is C36H42BrN9O8S2. The number of pyridine rings is 1. The van der Waals surface area contributed by atoms with Crippen LogP contribution < -0.4 is 36.9 Å². The number of ether oxygens (including phenoxy) is 3. The van der Waals surface area contributed by atoms with E-state index in [1.165, 1.54) is 16.7 Å². The summed E-state index contributed by atoms with van der Waals surface area (Å²) in [5, 5.41) is 8.58. The average Bonchev–Trinajstić information content (AvgIpc) is 3.76. The van der Waals surface area contributed by atoms with Crippen LogP contribution in [0.4, 0.5) is 9.93 Å². The Labute approximate surface area is 341 Å². The van der Waals surface area contributed by atoms with Crippen molar-refractivity contribution >= 4 is 69.2 Å². The third-order valence-electron chi connectivity index (χ3n) is 8.25. The molecule has 3 aromatic heterocycles. The molecule has 0 radical (unpaired) electrons. The standard InChI is InChI=1S/C36H41N9O8S2.BrH/c1-7-16-43-20-44(29-24(43)10-9-15-37-29)17-22-19-54-32-26(31(47)45(32)27(22)33(48)51-18-21-11-13-23(50-6)14-12-21)38-30(46)25(41-52-8-2)28-39-34(55-42-28)40-35(49)53-36(3,4)5;/h9-15,20,26,32H,7-8,16-19H2,1-6H3,(H-,38,39,40,42,46,49);1H/b41-25-;. The minimum Gasteiger partial charge on any atom is -1.00 e. The average molecular weight is 873 g/mol. The van der Waals surface area contributed by atoms with Crippen LogP contribution in [0.1, 0.15) is 52.4 Å². The summed E-state index contributed by atoms with van der Waals surface area (Å²) in [5.74, 6) is -1.06. The smallest absolute Gasteiger partial charge is 0.414 e. The third-order valence-corrected chi connectivity index (χ3v) is 10.2. The van der Waals surface area contributed by atoms with E-state index in [1.54, 1.807) is 65.3 Å². The molecule has 4 aromatic rings. The Kier molecular flexibility index (Phi) is 13.7. The number of benzene rings is 1. The van der Waals surface area contributed by atoms with Gasteiger partial charge in [0.2, 0.25) is 16.7 Å². The van der Waals surface area contributed by atoms with Crippen LogP contribution in [-0.4, -0.2) is 89.9 Å². The Bertz CT molecular complexity index is 2150. The number of nitrogens with zero attached hydrogens (tertiary/aromatic N) is 7. The molecule has 2 unspecified atom stereocenters. The van der Waals surface area contributed by atoms with Crippen molar-refractivity contribution in [1.29, 1.82) is 0 Å². The highest BCUT2D eigenvalue weighted by Gasteiger charge is 2.55. The highest BCUT2D eigenvalue weighted by molar-refractivity contribution is 8.00. The number of carbonyl (C=O) groups is 4. The molecule has 17 nitrogen and oxygen atoms in total. The fourth-order valence-corrected chi connectivity index (χ4v) is 7.77. The number of rotatable bonds is 14. The maximum atomic E-state index is 14.0. The maximum Gasteiger partial charge on any atom is 0.414 e. The molecule has 2 atom stereocenters. The van der Waals surface area contributed by atoms with Crippen molar-refractivity contribution in [3.63, 3.8) is 0 Å². The van der Waals surface area contributed by atoms with Crippen molar-refractivity contribution in [1.82, 2.24) is 29.1 Å². The molecule has 1 saturated heterocycles. The zero-order valence-electron chi connectivity index (χ0n) is 31.6. The van der Waals surface area contributed by atoms with Crippen LogP contribution in [0.5, 0.6) is 5.75 Å². The molecule has 2 aliphatic rings. The number of aromatic nitrogens is 5. The molecule has 0 spiro atoms. The summed E-state index contributed by atoms with van der Waals surface area (Å²) in [6.07, 6.45) is 3.85. The Morgan fingerprint density at radius 2 is 1.89 bits per heavy atom. The molecule has 2 N–H and O–H groups in total. The van der Waals surface area contributed by atoms with E-state index in [2.05, 4.69) is 41.6 Å². The number of hydrogen-bond acceptors (Lipinski definition) is 14. The summed E-state index contributed by atoms with van der Waals surface area (Å²) >= 11 is 2.22. The predicted molar refractivity (Wildman–Crippen MR) is 203 cm³/mol. The first kappa shape index (κ1) is 42.1. The van der Waals surface area contributed by atoms with Gasteiger partial charge >= 0.3 is 17.7 Å². The van der Waals surface area contributed by atoms with E-state index in [-0.39, 0.29) is 59.1 Å². The van der Waals surface area contributed by atoms with Gasteiger partial charge in [0.15, 0.2) is 11.8 Å². The Morgan fingerprint density at radius 1 is 1.12 bits per heavy atom. The van der Waals surface area contributed by atoms with Gasteiger partial charge in [0, 0.05) is 22.9 Å². The van der Waals surface area contributed by atoms with Crippen molar-refractivity contribution in [3.8, 4) is 5.75 Å². The molecule has 5 heterocycles. The zero-order valence-corrected chi connectivity index (χ0v) is 34.8. The Hall–Kier alpha value is -5.08. The molecule has 298 valence electrons. The molecule has 2 aliphatic heterocycles. The summed E-state index contributed by atoms with van der Waals surface area (Å²) in [7, 11) is 1.57. The number of amides is 3. The summed E-state index contributed by atoms with van der Waals surface area (Å²) in [6, 6.07) is 9.98. The number of oxime groups is 1. The summed E-state index contributed by atoms with van der Waals surface area (Å²) < 4.78 is 24.6. The van der Waals surface area contributed by atoms with Gasteiger partial charge in [0.05, 0.1) is 20.2 Å². The van der Waals surface area contributed by atoms with Gasteiger partial charge in [-0.3, -0.25) is 24.4 Å². The number of thioether (sulfide) groups is 1. The molecule has 20 heteroatoms. The molecule has 0 aliphatic carbocycles. The second-order valence-electron chi connectivity index (χ2n) is 13.4. The second-order valence-corrected chi connectivity index (χ2v) is 15.3. The van der Waals surface area contributed by atoms with Gasteiger partial charge in [-0.15, -0.1) is 16.7 Å². The lowest BCUT2D eigenvalue weighted by Crippen LogP contribution is -3.00. The normalized spacial score (nSPS) is 16.7. The summed E-state index contributed by atoms with van der Waals surface area (Å²) in [5.41, 5.74) is 2.17. The van der Waals surface area contributed by atoms with Crippen molar-refractivity contribution in [2.45, 2.75) is 77.8 Å². The van der Waals surface area contributed by atoms with Crippen LogP contribution in [0.25, 0.3) is 11.2 Å². The van der Waals surface area contributed by atoms with Crippen molar-refractivity contribution in [2.24, 2.45) is 5.16 Å². The number of β-lactam (4-membered cyclic amide) rings is 1. The number of halogens is 1. The number of nitrogens with one attached hydrogen (secondary N) is 2. The molecule has 1 aromatic carbocycles. The Morgan fingerprint density at radius 3 is 2.59 bits per heavy atom. The van der Waals surface area contributed by atoms with E-state index >= 15 is 0 Å². The number of carbonyl (C=O) groups excluding carboxylic acids is 4. The summed E-state index contributed by atoms with van der Waals surface area (Å²) in [4.78, 5) is 69.3. The fourth-order valence-electron chi connectivity index (χ4n) is 5.88. The minimum atomic E-state index is -1.02. The van der Waals surface area contributed by atoms with Crippen LogP contribution >= 0.6 is 23.3 Å². The number of aryl methyl sites for hydroxylation is 1. The first-order chi connectivity index (χ1) is 26.4. The number of imidazole rings is 1. The van der Waals surface area contributed by atoms with Gasteiger partial charge < -0.3 is 41.3 Å². The lowest BCUT2D eigenvalue weighted by molar-refractivity contribution is -0.665. The van der Waals surface area contributed by atoms with Gasteiger partial charge in [0.25, 0.3) is 11.8 Å². The van der Waals surface area contributed by atoms with Crippen LogP contribution in [0.2, 0.25) is 0 Å². The molecular weight excluding hydrogens is 830 g/mol. The van der Waals surface area contributed by atoms with Crippen molar-refractivity contribution in [2.75, 3.05) is 24.8 Å². The third kappa shape index (κ3) is 9.47. The molecule has 0 saturated carbocycles. The van der Waals surface area contributed by atoms with Gasteiger partial charge in [0.1, 0.15) is 47.9 Å². The first-order valence-corrected chi connectivity index (χ1v) is 19.4. The van der Waals surface area contributed by atoms with Gasteiger partial charge in [-0.25, -0.2) is 14.2 Å². The van der Waals surface area contributed by atoms with Crippen molar-refractivity contribution < 1.29 is 59.8 Å². The van der Waals surface area contributed by atoms with Gasteiger partial charge in [-0.05, 0) is 63.9 Å². The van der Waals surface area contributed by atoms with Crippen molar-refractivity contribution in [3.05, 3.63) is 71.6 Å². The number of hydrogen-bond donors (Lipinski definition) is 2. The number of anilines is 1. The quantitative estimate of drug-likeness (QED) is 0.0597. The van der Waals surface area contributed by atoms with Crippen LogP contribution in [0.3, 0.4) is 0 Å². The van der Waals surface area contributed by atoms with E-state index in [0.717, 1.165) is 41.2 Å². The first-order valence-electron chi connectivity index (χ1n) is 17.6. The summed E-state index contributed by atoms with van der Waals surface area (Å²) in [6.45, 7) is 10.1. The lowest BCUT2D eigenvalue weighted by atomic mass is 10.0. The lowest BCUT2D eigenvalue weighted by Gasteiger charge is -2.49. The number of fused-ring (bicyclic) bond motifs is 2. The monoisotopic (exact) mass is 871 g/mol. The molecule has 1 fully saturated rings. The largest absolute Gasteiger partial charge is 1.00 e. The fraction of sp³-hybridized carbons (Fsp3) is 0.417. The second kappa shape index (κ2) is 18.2. The van der Waals surface area contributed by atoms with E-state index in [0.29, 0.717) is 17.1 Å². The van der Waals surface area contributed by atoms with Gasteiger partial charge in [-0.1, -0.05) is 24.2 Å². The van der Waals surface area contributed by atoms with Crippen LogP contribution in [0, 0.1) is 0 Å². The highest BCUT2D eigenvalue weighted by Crippen LogP contribution is 2.41. The highest BCUT2D eigenvalue weighted by atomic mass is 79.9. The van der Waals surface area contributed by atoms with E-state index in [1.807, 2.05) is 23.0 Å². The minimum absolute atomic E-state index is 0. The van der Waals surface area contributed by atoms with Crippen LogP contribution in [-0.2, 0) is 48.4 Å². The molecule has 6 rings (SSSR count). The molecule has 0 bridgehead atoms. The molecule has 56 heavy (non-hydrogen) atoms. The Balaban J connectivity index is 0.00000600. The molecule has 3 amide bonds. The number of methoxy groups -OCH3 is 1. The number of esters is 1. The maximum absolute atomic E-state index is 14.0. The zero-order chi connectivity index (χ0) is 39.3. The van der Waals surface area contributed by atoms with Gasteiger partial charge in [-0.2, -0.15) is 9.36 Å². The van der Waals surface area contributed by atoms with E-state index in [9.17, 15) is 19.2 Å². The topological polar surface area (TPSA) is 192 Å². The predicted octanol–water partition coefficient (Wildman–Crippen LogP) is 0.783. The van der Waals surface area contributed by atoms with E-state index < -0.39 is 40.9 Å².